The second kappa shape index (κ2) is 4.35. The Morgan fingerprint density at radius 2 is 2.33 bits per heavy atom. The number of hydrogen-bond acceptors (Lipinski definition) is 2. The number of aliphatic hydroxyl groups excluding tert-OH is 1. The summed E-state index contributed by atoms with van der Waals surface area (Å²) in [5, 5.41) is 13.8. The lowest BCUT2D eigenvalue weighted by molar-refractivity contribution is 0.126. The van der Waals surface area contributed by atoms with Gasteiger partial charge in [-0.25, -0.2) is 0 Å². The maximum atomic E-state index is 9.65. The third-order valence-corrected chi connectivity index (χ3v) is 3.75. The van der Waals surface area contributed by atoms with Crippen molar-refractivity contribution in [3.63, 3.8) is 0 Å². The lowest BCUT2D eigenvalue weighted by atomic mass is 9.91. The minimum Gasteiger partial charge on any atom is -0.393 e. The Balaban J connectivity index is 1.83. The lowest BCUT2D eigenvalue weighted by Gasteiger charge is -2.16. The normalized spacial score (nSPS) is 31.0. The van der Waals surface area contributed by atoms with Gasteiger partial charge in [0.25, 0.3) is 0 Å². The molecule has 1 N–H and O–H groups in total. The molecule has 0 saturated heterocycles. The molecular weight excluding hydrogens is 188 g/mol. The summed E-state index contributed by atoms with van der Waals surface area (Å²) in [5.41, 5.74) is 1.31. The maximum Gasteiger partial charge on any atom is 0.0568 e. The van der Waals surface area contributed by atoms with Gasteiger partial charge < -0.3 is 5.11 Å². The first-order valence-electron chi connectivity index (χ1n) is 5.82. The summed E-state index contributed by atoms with van der Waals surface area (Å²) in [5.74, 6) is 1.17. The van der Waals surface area contributed by atoms with Crippen LogP contribution in [0.1, 0.15) is 31.7 Å². The molecule has 1 aromatic heterocycles. The summed E-state index contributed by atoms with van der Waals surface area (Å²) in [6.45, 7) is 2.17. The minimum atomic E-state index is -0.0658. The molecule has 1 aromatic rings. The number of aliphatic hydroxyl groups is 1. The van der Waals surface area contributed by atoms with Crippen molar-refractivity contribution < 1.29 is 5.11 Å². The molecule has 3 atom stereocenters. The first-order valence-corrected chi connectivity index (χ1v) is 5.82. The first kappa shape index (κ1) is 10.7. The third kappa shape index (κ3) is 2.40. The van der Waals surface area contributed by atoms with Crippen molar-refractivity contribution in [2.45, 2.75) is 38.7 Å². The number of aromatic nitrogens is 2. The van der Waals surface area contributed by atoms with Gasteiger partial charge in [-0.1, -0.05) is 6.92 Å². The van der Waals surface area contributed by atoms with E-state index >= 15 is 0 Å². The summed E-state index contributed by atoms with van der Waals surface area (Å²) < 4.78 is 1.85. The fourth-order valence-electron chi connectivity index (χ4n) is 2.59. The van der Waals surface area contributed by atoms with Crippen LogP contribution >= 0.6 is 0 Å². The van der Waals surface area contributed by atoms with Crippen molar-refractivity contribution in [2.75, 3.05) is 0 Å². The Bertz CT molecular complexity index is 321. The fraction of sp³-hybridized carbons (Fsp3) is 0.750. The van der Waals surface area contributed by atoms with E-state index in [0.29, 0.717) is 11.8 Å². The molecule has 1 fully saturated rings. The molecule has 1 saturated carbocycles. The molecule has 15 heavy (non-hydrogen) atoms. The van der Waals surface area contributed by atoms with Gasteiger partial charge in [-0.05, 0) is 43.1 Å². The van der Waals surface area contributed by atoms with E-state index in [-0.39, 0.29) is 6.10 Å². The molecule has 84 valence electrons. The summed E-state index contributed by atoms with van der Waals surface area (Å²) in [7, 11) is 1.95. The van der Waals surface area contributed by atoms with Crippen LogP contribution in [0.15, 0.2) is 12.4 Å². The Hall–Kier alpha value is -0.830. The van der Waals surface area contributed by atoms with Gasteiger partial charge in [0.1, 0.15) is 0 Å². The molecule has 0 radical (unpaired) electrons. The van der Waals surface area contributed by atoms with Gasteiger partial charge in [-0.3, -0.25) is 4.68 Å². The summed E-state index contributed by atoms with van der Waals surface area (Å²) in [4.78, 5) is 0. The molecule has 0 bridgehead atoms. The van der Waals surface area contributed by atoms with Gasteiger partial charge in [0.2, 0.25) is 0 Å². The number of rotatable bonds is 3. The van der Waals surface area contributed by atoms with Crippen LogP contribution in [-0.2, 0) is 13.5 Å². The van der Waals surface area contributed by atoms with E-state index in [9.17, 15) is 5.11 Å². The fourth-order valence-corrected chi connectivity index (χ4v) is 2.59. The number of hydrogen-bond donors (Lipinski definition) is 1. The second-order valence-corrected chi connectivity index (χ2v) is 4.82. The largest absolute Gasteiger partial charge is 0.393 e. The van der Waals surface area contributed by atoms with Gasteiger partial charge in [-0.15, -0.1) is 0 Å². The molecule has 0 aliphatic heterocycles. The van der Waals surface area contributed by atoms with Crippen molar-refractivity contribution >= 4 is 0 Å². The number of nitrogens with zero attached hydrogens (tertiary/aromatic N) is 2. The average Bonchev–Trinajstić information content (AvgIpc) is 2.74. The van der Waals surface area contributed by atoms with Gasteiger partial charge >= 0.3 is 0 Å². The topological polar surface area (TPSA) is 38.1 Å². The van der Waals surface area contributed by atoms with E-state index in [1.54, 1.807) is 0 Å². The molecule has 0 aromatic carbocycles. The quantitative estimate of drug-likeness (QED) is 0.822. The lowest BCUT2D eigenvalue weighted by Crippen LogP contribution is -2.15. The zero-order valence-electron chi connectivity index (χ0n) is 9.56. The van der Waals surface area contributed by atoms with E-state index < -0.39 is 0 Å². The van der Waals surface area contributed by atoms with E-state index in [1.165, 1.54) is 18.4 Å². The van der Waals surface area contributed by atoms with Crippen LogP contribution in [0, 0.1) is 11.8 Å². The molecular formula is C12H20N2O. The molecule has 1 heterocycles. The van der Waals surface area contributed by atoms with Crippen LogP contribution in [-0.4, -0.2) is 21.0 Å². The highest BCUT2D eigenvalue weighted by Gasteiger charge is 2.30. The van der Waals surface area contributed by atoms with Crippen LogP contribution in [0.4, 0.5) is 0 Å². The maximum absolute atomic E-state index is 9.65. The molecule has 3 heteroatoms. The molecule has 2 rings (SSSR count). The van der Waals surface area contributed by atoms with Crippen molar-refractivity contribution in [3.05, 3.63) is 18.0 Å². The van der Waals surface area contributed by atoms with Crippen LogP contribution in [0.5, 0.6) is 0 Å². The highest BCUT2D eigenvalue weighted by molar-refractivity contribution is 5.04. The predicted octanol–water partition coefficient (Wildman–Crippen LogP) is 1.76. The second-order valence-electron chi connectivity index (χ2n) is 4.82. The van der Waals surface area contributed by atoms with Gasteiger partial charge in [0, 0.05) is 13.2 Å². The van der Waals surface area contributed by atoms with E-state index in [4.69, 9.17) is 0 Å². The Labute approximate surface area is 91.1 Å². The van der Waals surface area contributed by atoms with Gasteiger partial charge in [-0.2, -0.15) is 5.10 Å². The highest BCUT2D eigenvalue weighted by Crippen LogP contribution is 2.34. The van der Waals surface area contributed by atoms with Crippen LogP contribution in [0.25, 0.3) is 0 Å². The monoisotopic (exact) mass is 208 g/mol. The van der Waals surface area contributed by atoms with Gasteiger partial charge in [0.05, 0.1) is 12.3 Å². The molecule has 3 nitrogen and oxygen atoms in total. The molecule has 0 amide bonds. The summed E-state index contributed by atoms with van der Waals surface area (Å²) in [6, 6.07) is 0. The summed E-state index contributed by atoms with van der Waals surface area (Å²) in [6.07, 6.45) is 8.40. The van der Waals surface area contributed by atoms with Crippen molar-refractivity contribution in [3.8, 4) is 0 Å². The van der Waals surface area contributed by atoms with Gasteiger partial charge in [0.15, 0.2) is 0 Å². The number of aryl methyl sites for hydroxylation is 2. The minimum absolute atomic E-state index is 0.0658. The summed E-state index contributed by atoms with van der Waals surface area (Å²) >= 11 is 0. The Kier molecular flexibility index (Phi) is 3.10. The van der Waals surface area contributed by atoms with E-state index in [2.05, 4.69) is 18.2 Å². The zero-order chi connectivity index (χ0) is 10.8. The zero-order valence-corrected chi connectivity index (χ0v) is 9.56. The van der Waals surface area contributed by atoms with Crippen molar-refractivity contribution in [1.29, 1.82) is 0 Å². The van der Waals surface area contributed by atoms with Crippen molar-refractivity contribution in [1.82, 2.24) is 9.78 Å². The third-order valence-electron chi connectivity index (χ3n) is 3.75. The first-order chi connectivity index (χ1) is 7.16. The van der Waals surface area contributed by atoms with Crippen LogP contribution < -0.4 is 0 Å². The van der Waals surface area contributed by atoms with Crippen LogP contribution in [0.3, 0.4) is 0 Å². The van der Waals surface area contributed by atoms with E-state index in [0.717, 1.165) is 12.8 Å². The molecule has 0 spiro atoms. The Morgan fingerprint density at radius 1 is 1.53 bits per heavy atom. The average molecular weight is 208 g/mol. The predicted molar refractivity (Wildman–Crippen MR) is 59.4 cm³/mol. The standard InChI is InChI=1S/C12H20N2O/c1-9-11(5-6-12(9)15)4-3-10-7-13-14(2)8-10/h7-9,11-12,15H,3-6H2,1-2H3. The molecule has 1 aliphatic carbocycles. The smallest absolute Gasteiger partial charge is 0.0568 e. The molecule has 3 unspecified atom stereocenters. The van der Waals surface area contributed by atoms with Crippen LogP contribution in [0.2, 0.25) is 0 Å². The molecule has 1 aliphatic rings. The van der Waals surface area contributed by atoms with Crippen molar-refractivity contribution in [2.24, 2.45) is 18.9 Å². The SMILES string of the molecule is CC1C(O)CCC1CCc1cnn(C)c1. The Morgan fingerprint density at radius 3 is 2.87 bits per heavy atom. The highest BCUT2D eigenvalue weighted by atomic mass is 16.3. The van der Waals surface area contributed by atoms with E-state index in [1.807, 2.05) is 17.9 Å².